The van der Waals surface area contributed by atoms with Gasteiger partial charge in [0, 0.05) is 25.1 Å². The molecule has 0 spiro atoms. The van der Waals surface area contributed by atoms with Crippen LogP contribution in [0.25, 0.3) is 0 Å². The maximum absolute atomic E-state index is 12.3. The SMILES string of the molecule is COc1ccc(CNC(=O)CCNS(=O)(=O)c2cccc(C(=N)N)c2)cc1OC. The topological polar surface area (TPSA) is 144 Å². The Morgan fingerprint density at radius 1 is 1.10 bits per heavy atom. The first-order chi connectivity index (χ1) is 13.8. The molecule has 2 aromatic rings. The number of methoxy groups -OCH3 is 2. The smallest absolute Gasteiger partial charge is 0.240 e. The molecule has 0 atom stereocenters. The number of carbonyl (C=O) groups excluding carboxylic acids is 1. The van der Waals surface area contributed by atoms with Gasteiger partial charge in [0.1, 0.15) is 5.84 Å². The average molecular weight is 420 g/mol. The number of benzene rings is 2. The second-order valence-electron chi connectivity index (χ2n) is 6.06. The van der Waals surface area contributed by atoms with Crippen molar-refractivity contribution >= 4 is 21.8 Å². The Balaban J connectivity index is 1.86. The Morgan fingerprint density at radius 3 is 2.48 bits per heavy atom. The summed E-state index contributed by atoms with van der Waals surface area (Å²) >= 11 is 0. The number of sulfonamides is 1. The van der Waals surface area contributed by atoms with Gasteiger partial charge in [-0.2, -0.15) is 0 Å². The van der Waals surface area contributed by atoms with E-state index in [1.165, 1.54) is 32.4 Å². The highest BCUT2D eigenvalue weighted by Gasteiger charge is 2.15. The Kier molecular flexibility index (Phi) is 7.57. The Bertz CT molecular complexity index is 992. The van der Waals surface area contributed by atoms with Crippen LogP contribution >= 0.6 is 0 Å². The zero-order valence-electron chi connectivity index (χ0n) is 16.2. The lowest BCUT2D eigenvalue weighted by molar-refractivity contribution is -0.121. The molecule has 29 heavy (non-hydrogen) atoms. The molecule has 2 rings (SSSR count). The van der Waals surface area contributed by atoms with E-state index >= 15 is 0 Å². The van der Waals surface area contributed by atoms with Gasteiger partial charge in [-0.05, 0) is 29.8 Å². The number of rotatable bonds is 10. The molecule has 0 bridgehead atoms. The summed E-state index contributed by atoms with van der Waals surface area (Å²) in [6.07, 6.45) is -0.0289. The van der Waals surface area contributed by atoms with Crippen LogP contribution in [0.1, 0.15) is 17.5 Å². The molecular weight excluding hydrogens is 396 g/mol. The van der Waals surface area contributed by atoms with Crippen LogP contribution in [0.5, 0.6) is 11.5 Å². The van der Waals surface area contributed by atoms with E-state index in [1.807, 2.05) is 0 Å². The number of amides is 1. The first kappa shape index (κ1) is 22.2. The second kappa shape index (κ2) is 9.89. The van der Waals surface area contributed by atoms with Gasteiger partial charge >= 0.3 is 0 Å². The van der Waals surface area contributed by atoms with Crippen LogP contribution in [-0.2, 0) is 21.4 Å². The van der Waals surface area contributed by atoms with E-state index in [2.05, 4.69) is 10.0 Å². The summed E-state index contributed by atoms with van der Waals surface area (Å²) in [7, 11) is -0.744. The standard InChI is InChI=1S/C19H24N4O5S/c1-27-16-7-6-13(10-17(16)28-2)12-22-18(24)8-9-23-29(25,26)15-5-3-4-14(11-15)19(20)21/h3-7,10-11,23H,8-9,12H2,1-2H3,(H3,20,21)(H,22,24). The second-order valence-corrected chi connectivity index (χ2v) is 7.82. The fourth-order valence-corrected chi connectivity index (χ4v) is 3.57. The van der Waals surface area contributed by atoms with E-state index in [0.29, 0.717) is 17.1 Å². The summed E-state index contributed by atoms with van der Waals surface area (Å²) in [5, 5.41) is 10.1. The molecule has 0 aliphatic rings. The van der Waals surface area contributed by atoms with Gasteiger partial charge in [0.25, 0.3) is 0 Å². The van der Waals surface area contributed by atoms with Crippen LogP contribution in [0, 0.1) is 5.41 Å². The van der Waals surface area contributed by atoms with Gasteiger partial charge < -0.3 is 20.5 Å². The van der Waals surface area contributed by atoms with Crippen LogP contribution in [0.3, 0.4) is 0 Å². The molecule has 0 fully saturated rings. The van der Waals surface area contributed by atoms with Crippen LogP contribution in [0.2, 0.25) is 0 Å². The summed E-state index contributed by atoms with van der Waals surface area (Å²) in [4.78, 5) is 12.0. The van der Waals surface area contributed by atoms with E-state index in [0.717, 1.165) is 5.56 Å². The van der Waals surface area contributed by atoms with E-state index in [4.69, 9.17) is 20.6 Å². The van der Waals surface area contributed by atoms with Gasteiger partial charge in [0.15, 0.2) is 11.5 Å². The summed E-state index contributed by atoms with van der Waals surface area (Å²) in [5.74, 6) is 0.613. The third-order valence-corrected chi connectivity index (χ3v) is 5.50. The third kappa shape index (κ3) is 6.19. The van der Waals surface area contributed by atoms with Crippen molar-refractivity contribution in [1.82, 2.24) is 10.0 Å². The van der Waals surface area contributed by atoms with Gasteiger partial charge in [-0.25, -0.2) is 13.1 Å². The fourth-order valence-electron chi connectivity index (χ4n) is 2.49. The van der Waals surface area contributed by atoms with Gasteiger partial charge in [0.2, 0.25) is 15.9 Å². The fraction of sp³-hybridized carbons (Fsp3) is 0.263. The lowest BCUT2D eigenvalue weighted by Gasteiger charge is -2.11. The van der Waals surface area contributed by atoms with Crippen LogP contribution < -0.4 is 25.2 Å². The van der Waals surface area contributed by atoms with E-state index in [1.54, 1.807) is 24.3 Å². The molecular formula is C19H24N4O5S. The van der Waals surface area contributed by atoms with Gasteiger partial charge in [-0.1, -0.05) is 18.2 Å². The quantitative estimate of drug-likeness (QED) is 0.333. The van der Waals surface area contributed by atoms with E-state index in [-0.39, 0.29) is 36.1 Å². The number of ether oxygens (including phenoxy) is 2. The van der Waals surface area contributed by atoms with Crippen molar-refractivity contribution in [3.8, 4) is 11.5 Å². The molecule has 0 saturated carbocycles. The highest BCUT2D eigenvalue weighted by atomic mass is 32.2. The number of hydrogen-bond acceptors (Lipinski definition) is 6. The maximum Gasteiger partial charge on any atom is 0.240 e. The minimum absolute atomic E-state index is 0.0177. The molecule has 0 radical (unpaired) electrons. The minimum atomic E-state index is -3.81. The molecule has 0 unspecified atom stereocenters. The Morgan fingerprint density at radius 2 is 1.83 bits per heavy atom. The van der Waals surface area contributed by atoms with Crippen molar-refractivity contribution in [2.75, 3.05) is 20.8 Å². The average Bonchev–Trinajstić information content (AvgIpc) is 2.71. The number of hydrogen-bond donors (Lipinski definition) is 4. The highest BCUT2D eigenvalue weighted by molar-refractivity contribution is 7.89. The van der Waals surface area contributed by atoms with Crippen molar-refractivity contribution < 1.29 is 22.7 Å². The van der Waals surface area contributed by atoms with Crippen molar-refractivity contribution in [2.24, 2.45) is 5.73 Å². The molecule has 0 saturated heterocycles. The highest BCUT2D eigenvalue weighted by Crippen LogP contribution is 2.27. The Labute approximate surface area is 169 Å². The lowest BCUT2D eigenvalue weighted by Crippen LogP contribution is -2.30. The molecule has 0 aromatic heterocycles. The number of nitrogen functional groups attached to an aromatic ring is 1. The molecule has 0 heterocycles. The summed E-state index contributed by atoms with van der Waals surface area (Å²) in [6, 6.07) is 11.0. The molecule has 156 valence electrons. The van der Waals surface area contributed by atoms with Crippen LogP contribution in [0.15, 0.2) is 47.4 Å². The zero-order chi connectivity index (χ0) is 21.4. The number of nitrogens with two attached hydrogens (primary N) is 1. The first-order valence-electron chi connectivity index (χ1n) is 8.68. The molecule has 1 amide bonds. The van der Waals surface area contributed by atoms with Crippen molar-refractivity contribution in [2.45, 2.75) is 17.9 Å². The lowest BCUT2D eigenvalue weighted by atomic mass is 10.2. The van der Waals surface area contributed by atoms with Crippen LogP contribution in [0.4, 0.5) is 0 Å². The van der Waals surface area contributed by atoms with Gasteiger partial charge in [-0.15, -0.1) is 0 Å². The maximum atomic E-state index is 12.3. The van der Waals surface area contributed by atoms with E-state index < -0.39 is 10.0 Å². The minimum Gasteiger partial charge on any atom is -0.493 e. The van der Waals surface area contributed by atoms with Crippen molar-refractivity contribution in [3.63, 3.8) is 0 Å². The normalized spacial score (nSPS) is 11.0. The zero-order valence-corrected chi connectivity index (χ0v) is 17.0. The van der Waals surface area contributed by atoms with Gasteiger partial charge in [-0.3, -0.25) is 10.2 Å². The van der Waals surface area contributed by atoms with Crippen LogP contribution in [-0.4, -0.2) is 40.9 Å². The van der Waals surface area contributed by atoms with Crippen molar-refractivity contribution in [3.05, 3.63) is 53.6 Å². The molecule has 9 nitrogen and oxygen atoms in total. The molecule has 5 N–H and O–H groups in total. The van der Waals surface area contributed by atoms with Gasteiger partial charge in [0.05, 0.1) is 19.1 Å². The summed E-state index contributed by atoms with van der Waals surface area (Å²) < 4.78 is 37.4. The largest absolute Gasteiger partial charge is 0.493 e. The number of nitrogens with one attached hydrogen (secondary N) is 3. The predicted molar refractivity (Wildman–Crippen MR) is 109 cm³/mol. The number of amidine groups is 1. The summed E-state index contributed by atoms with van der Waals surface area (Å²) in [6.45, 7) is 0.205. The summed E-state index contributed by atoms with van der Waals surface area (Å²) in [5.41, 5.74) is 6.51. The monoisotopic (exact) mass is 420 g/mol. The third-order valence-electron chi connectivity index (χ3n) is 4.04. The van der Waals surface area contributed by atoms with E-state index in [9.17, 15) is 13.2 Å². The number of carbonyl (C=O) groups is 1. The molecule has 10 heteroatoms. The molecule has 0 aliphatic heterocycles. The molecule has 2 aromatic carbocycles. The molecule has 0 aliphatic carbocycles. The van der Waals surface area contributed by atoms with Crippen molar-refractivity contribution in [1.29, 1.82) is 5.41 Å². The Hall–Kier alpha value is -3.11. The predicted octanol–water partition coefficient (Wildman–Crippen LogP) is 0.973. The first-order valence-corrected chi connectivity index (χ1v) is 10.2.